The molecule has 0 saturated carbocycles. The van der Waals surface area contributed by atoms with Crippen molar-refractivity contribution in [2.75, 3.05) is 9.91 Å². The van der Waals surface area contributed by atoms with Crippen LogP contribution >= 0.6 is 0 Å². The van der Waals surface area contributed by atoms with E-state index in [9.17, 15) is 9.90 Å². The highest BCUT2D eigenvalue weighted by molar-refractivity contribution is 6.24. The number of nitrogens with one attached hydrogen (secondary N) is 1. The van der Waals surface area contributed by atoms with Gasteiger partial charge in [0.1, 0.15) is 5.70 Å². The van der Waals surface area contributed by atoms with Crippen molar-refractivity contribution in [3.8, 4) is 0 Å². The Morgan fingerprint density at radius 1 is 0.906 bits per heavy atom. The number of para-hydroxylation sites is 2. The summed E-state index contributed by atoms with van der Waals surface area (Å²) in [7, 11) is 0. The van der Waals surface area contributed by atoms with Crippen LogP contribution in [0.5, 0.6) is 0 Å². The zero-order chi connectivity index (χ0) is 21.9. The first-order chi connectivity index (χ1) is 15.6. The van der Waals surface area contributed by atoms with Crippen LogP contribution in [-0.2, 0) is 10.5 Å². The van der Waals surface area contributed by atoms with Crippen molar-refractivity contribution in [1.29, 1.82) is 0 Å². The molecule has 6 rings (SSSR count). The minimum absolute atomic E-state index is 0.319. The number of rotatable bonds is 2. The van der Waals surface area contributed by atoms with Gasteiger partial charge in [-0.25, -0.2) is 10.4 Å². The topological polar surface area (TPSA) is 80.5 Å². The second kappa shape index (κ2) is 6.63. The Bertz CT molecular complexity index is 1350. The summed E-state index contributed by atoms with van der Waals surface area (Å²) < 4.78 is 0. The molecule has 0 bridgehead atoms. The predicted octanol–water partition coefficient (Wildman–Crippen LogP) is 3.29. The maximum absolute atomic E-state index is 13.2. The number of carbonyl (C=O) groups is 1. The Morgan fingerprint density at radius 2 is 1.56 bits per heavy atom. The fraction of sp³-hybridized carbons (Fsp3) is 0.0800. The number of carbonyl (C=O) groups excluding carboxylic acids is 1. The van der Waals surface area contributed by atoms with Gasteiger partial charge in [0.15, 0.2) is 5.84 Å². The van der Waals surface area contributed by atoms with Crippen LogP contribution in [0.25, 0.3) is 0 Å². The quantitative estimate of drug-likeness (QED) is 0.666. The molecule has 1 atom stereocenters. The third-order valence-corrected chi connectivity index (χ3v) is 5.97. The van der Waals surface area contributed by atoms with E-state index in [1.54, 1.807) is 5.01 Å². The van der Waals surface area contributed by atoms with Crippen molar-refractivity contribution in [1.82, 2.24) is 5.43 Å². The fourth-order valence-electron chi connectivity index (χ4n) is 4.65. The molecule has 2 N–H and O–H groups in total. The number of hydrazone groups is 2. The molecule has 0 fully saturated rings. The van der Waals surface area contributed by atoms with Crippen LogP contribution in [0.3, 0.4) is 0 Å². The minimum Gasteiger partial charge on any atom is -0.362 e. The predicted molar refractivity (Wildman–Crippen MR) is 123 cm³/mol. The normalized spacial score (nSPS) is 21.4. The van der Waals surface area contributed by atoms with Crippen molar-refractivity contribution in [3.05, 3.63) is 107 Å². The Balaban J connectivity index is 1.66. The molecule has 3 aliphatic rings. The largest absolute Gasteiger partial charge is 0.362 e. The molecule has 0 aromatic heterocycles. The van der Waals surface area contributed by atoms with E-state index in [4.69, 9.17) is 5.10 Å². The summed E-state index contributed by atoms with van der Waals surface area (Å²) in [5.74, 6) is 0.185. The highest BCUT2D eigenvalue weighted by Crippen LogP contribution is 2.51. The molecule has 156 valence electrons. The smallest absolute Gasteiger partial charge is 0.289 e. The van der Waals surface area contributed by atoms with Crippen molar-refractivity contribution in [2.24, 2.45) is 10.2 Å². The Hall–Kier alpha value is -4.23. The molecule has 32 heavy (non-hydrogen) atoms. The molecule has 1 unspecified atom stereocenters. The van der Waals surface area contributed by atoms with Gasteiger partial charge < -0.3 is 5.11 Å². The minimum atomic E-state index is -1.63. The van der Waals surface area contributed by atoms with Crippen LogP contribution in [0.4, 0.5) is 11.4 Å². The van der Waals surface area contributed by atoms with Crippen LogP contribution in [0, 0.1) is 0 Å². The van der Waals surface area contributed by atoms with Crippen LogP contribution in [-0.4, -0.2) is 22.6 Å². The Labute approximate surface area is 184 Å². The average Bonchev–Trinajstić information content (AvgIpc) is 3.12. The monoisotopic (exact) mass is 421 g/mol. The summed E-state index contributed by atoms with van der Waals surface area (Å²) in [6, 6.07) is 26.6. The maximum Gasteiger partial charge on any atom is 0.289 e. The van der Waals surface area contributed by atoms with Gasteiger partial charge in [-0.2, -0.15) is 10.2 Å². The summed E-state index contributed by atoms with van der Waals surface area (Å²) in [5.41, 5.74) is 5.20. The summed E-state index contributed by atoms with van der Waals surface area (Å²) in [5, 5.41) is 22.9. The van der Waals surface area contributed by atoms with E-state index < -0.39 is 11.6 Å². The molecule has 3 aliphatic heterocycles. The number of anilines is 2. The van der Waals surface area contributed by atoms with Crippen LogP contribution in [0.1, 0.15) is 18.1 Å². The van der Waals surface area contributed by atoms with E-state index in [0.717, 1.165) is 11.3 Å². The number of hydrogen-bond acceptors (Lipinski definition) is 6. The van der Waals surface area contributed by atoms with Crippen molar-refractivity contribution in [2.45, 2.75) is 12.6 Å². The molecule has 0 aliphatic carbocycles. The van der Waals surface area contributed by atoms with E-state index in [-0.39, 0.29) is 0 Å². The molecule has 3 heterocycles. The Morgan fingerprint density at radius 3 is 2.31 bits per heavy atom. The van der Waals surface area contributed by atoms with Gasteiger partial charge in [0.05, 0.1) is 22.7 Å². The van der Waals surface area contributed by atoms with E-state index in [2.05, 4.69) is 10.5 Å². The molecule has 3 aromatic rings. The van der Waals surface area contributed by atoms with Gasteiger partial charge in [0.2, 0.25) is 5.72 Å². The van der Waals surface area contributed by atoms with Crippen molar-refractivity contribution in [3.63, 3.8) is 0 Å². The molecule has 7 nitrogen and oxygen atoms in total. The molecule has 3 aromatic carbocycles. The molecule has 0 saturated heterocycles. The number of amides is 1. The van der Waals surface area contributed by atoms with Crippen molar-refractivity contribution >= 4 is 28.8 Å². The summed E-state index contributed by atoms with van der Waals surface area (Å²) in [6.07, 6.45) is 0. The van der Waals surface area contributed by atoms with Gasteiger partial charge in [-0.15, -0.1) is 0 Å². The van der Waals surface area contributed by atoms with Gasteiger partial charge >= 0.3 is 0 Å². The average molecular weight is 421 g/mol. The number of fused-ring (bicyclic) bond motifs is 5. The fourth-order valence-corrected chi connectivity index (χ4v) is 4.65. The van der Waals surface area contributed by atoms with Crippen LogP contribution in [0.2, 0.25) is 0 Å². The van der Waals surface area contributed by atoms with Gasteiger partial charge in [-0.1, -0.05) is 66.7 Å². The van der Waals surface area contributed by atoms with E-state index in [1.165, 1.54) is 0 Å². The molecule has 0 spiro atoms. The lowest BCUT2D eigenvalue weighted by Gasteiger charge is -2.44. The van der Waals surface area contributed by atoms with Gasteiger partial charge in [-0.05, 0) is 25.1 Å². The number of nitrogens with zero attached hydrogens (tertiary/aromatic N) is 4. The summed E-state index contributed by atoms with van der Waals surface area (Å²) >= 11 is 0. The first kappa shape index (κ1) is 18.5. The van der Waals surface area contributed by atoms with E-state index >= 15 is 0 Å². The van der Waals surface area contributed by atoms with Crippen LogP contribution < -0.4 is 15.3 Å². The van der Waals surface area contributed by atoms with Crippen LogP contribution in [0.15, 0.2) is 106 Å². The van der Waals surface area contributed by atoms with Crippen molar-refractivity contribution < 1.29 is 9.90 Å². The van der Waals surface area contributed by atoms with Gasteiger partial charge in [0.25, 0.3) is 5.91 Å². The zero-order valence-corrected chi connectivity index (χ0v) is 17.2. The summed E-state index contributed by atoms with van der Waals surface area (Å²) in [4.78, 5) is 15.0. The number of hydrogen-bond donors (Lipinski definition) is 2. The third kappa shape index (κ3) is 2.36. The molecule has 0 radical (unpaired) electrons. The second-order valence-corrected chi connectivity index (χ2v) is 7.82. The molecule has 1 amide bonds. The number of aliphatic hydroxyl groups is 1. The highest BCUT2D eigenvalue weighted by Gasteiger charge is 2.56. The maximum atomic E-state index is 13.2. The van der Waals surface area contributed by atoms with Gasteiger partial charge in [-0.3, -0.25) is 9.69 Å². The lowest BCUT2D eigenvalue weighted by atomic mass is 9.84. The number of amidine groups is 1. The molecular formula is C25H19N5O2. The highest BCUT2D eigenvalue weighted by atomic mass is 16.3. The third-order valence-electron chi connectivity index (χ3n) is 5.97. The zero-order valence-electron chi connectivity index (χ0n) is 17.2. The van der Waals surface area contributed by atoms with E-state index in [0.29, 0.717) is 34.1 Å². The molecular weight excluding hydrogens is 402 g/mol. The second-order valence-electron chi connectivity index (χ2n) is 7.82. The SMILES string of the molecule is CC1=NN(c2ccccc2)C2(O)C1=C1C(=O)NN=C(c3ccccc3)N1c1ccccc12. The molecule has 7 heteroatoms. The lowest BCUT2D eigenvalue weighted by molar-refractivity contribution is -0.118. The lowest BCUT2D eigenvalue weighted by Crippen LogP contribution is -2.54. The Kier molecular flexibility index (Phi) is 3.84. The summed E-state index contributed by atoms with van der Waals surface area (Å²) in [6.45, 7) is 1.81. The number of benzene rings is 3. The first-order valence-corrected chi connectivity index (χ1v) is 10.3. The van der Waals surface area contributed by atoms with E-state index in [1.807, 2.05) is 96.8 Å². The first-order valence-electron chi connectivity index (χ1n) is 10.3. The van der Waals surface area contributed by atoms with Gasteiger partial charge in [0, 0.05) is 11.1 Å². The standard InChI is InChI=1S/C25H19N5O2/c1-16-21-22-24(31)27-26-23(17-10-4-2-5-11-17)29(22)20-15-9-8-14-19(20)25(21,32)30(28-16)18-12-6-3-7-13-18/h2-15,32H,1H3,(H,27,31).